The molecule has 0 fully saturated rings. The van der Waals surface area contributed by atoms with Gasteiger partial charge in [0.2, 0.25) is 0 Å². The van der Waals surface area contributed by atoms with Gasteiger partial charge in [-0.2, -0.15) is 0 Å². The first-order valence-electron chi connectivity index (χ1n) is 26.1. The molecule has 0 aliphatic rings. The maximum atomic E-state index is 12.8. The van der Waals surface area contributed by atoms with Crippen molar-refractivity contribution in [2.45, 2.75) is 292 Å². The van der Waals surface area contributed by atoms with Crippen LogP contribution in [-0.2, 0) is 28.6 Å². The Morgan fingerprint density at radius 3 is 0.881 bits per heavy atom. The standard InChI is InChI=1S/C53H102O6/c1-7-49(6)41-35-29-23-18-19-25-32-38-44-53(56)59-50(46-58-52(55)43-37-31-26-20-22-28-34-40-48(4)5)45-57-51(54)42-36-30-24-17-15-13-11-9-8-10-12-14-16-21-27-33-39-47(2)3/h47-50H,7-46H2,1-6H3/t49?,50-/m1/s1. The summed E-state index contributed by atoms with van der Waals surface area (Å²) in [7, 11) is 0. The van der Waals surface area contributed by atoms with E-state index >= 15 is 0 Å². The number of rotatable bonds is 46. The van der Waals surface area contributed by atoms with Crippen molar-refractivity contribution in [3.05, 3.63) is 0 Å². The molecule has 6 heteroatoms. The second-order valence-electron chi connectivity index (χ2n) is 19.4. The Morgan fingerprint density at radius 2 is 0.593 bits per heavy atom. The first-order chi connectivity index (χ1) is 28.6. The van der Waals surface area contributed by atoms with Crippen molar-refractivity contribution in [2.75, 3.05) is 13.2 Å². The highest BCUT2D eigenvalue weighted by atomic mass is 16.6. The van der Waals surface area contributed by atoms with Crippen molar-refractivity contribution in [3.63, 3.8) is 0 Å². The van der Waals surface area contributed by atoms with Crippen LogP contribution in [0.5, 0.6) is 0 Å². The molecule has 0 radical (unpaired) electrons. The van der Waals surface area contributed by atoms with Gasteiger partial charge >= 0.3 is 17.9 Å². The zero-order valence-electron chi connectivity index (χ0n) is 40.5. The van der Waals surface area contributed by atoms with Crippen molar-refractivity contribution in [3.8, 4) is 0 Å². The summed E-state index contributed by atoms with van der Waals surface area (Å²) in [6, 6.07) is 0. The van der Waals surface area contributed by atoms with Crippen LogP contribution in [0.1, 0.15) is 286 Å². The van der Waals surface area contributed by atoms with Gasteiger partial charge in [-0.15, -0.1) is 0 Å². The fourth-order valence-electron chi connectivity index (χ4n) is 7.91. The minimum Gasteiger partial charge on any atom is -0.462 e. The number of esters is 3. The fraction of sp³-hybridized carbons (Fsp3) is 0.943. The molecule has 59 heavy (non-hydrogen) atoms. The molecule has 0 spiro atoms. The third-order valence-corrected chi connectivity index (χ3v) is 12.3. The van der Waals surface area contributed by atoms with Gasteiger partial charge < -0.3 is 14.2 Å². The minimum absolute atomic E-state index is 0.0653. The van der Waals surface area contributed by atoms with Gasteiger partial charge in [-0.05, 0) is 37.0 Å². The molecular weight excluding hydrogens is 733 g/mol. The lowest BCUT2D eigenvalue weighted by Crippen LogP contribution is -2.30. The Kier molecular flexibility index (Phi) is 43.3. The highest BCUT2D eigenvalue weighted by Crippen LogP contribution is 2.18. The van der Waals surface area contributed by atoms with Gasteiger partial charge in [0.1, 0.15) is 13.2 Å². The maximum Gasteiger partial charge on any atom is 0.306 e. The SMILES string of the molecule is CCC(C)CCCCCCCCCCC(=O)O[C@H](COC(=O)CCCCCCCCCCCCCCCCCCC(C)C)COC(=O)CCCCCCCCCC(C)C. The highest BCUT2D eigenvalue weighted by Gasteiger charge is 2.19. The predicted molar refractivity (Wildman–Crippen MR) is 252 cm³/mol. The molecule has 0 rings (SSSR count). The van der Waals surface area contributed by atoms with Crippen LogP contribution in [0.25, 0.3) is 0 Å². The molecule has 0 aliphatic heterocycles. The van der Waals surface area contributed by atoms with Crippen LogP contribution in [0.15, 0.2) is 0 Å². The van der Waals surface area contributed by atoms with E-state index in [0.717, 1.165) is 75.5 Å². The molecule has 1 unspecified atom stereocenters. The van der Waals surface area contributed by atoms with Crippen molar-refractivity contribution in [1.82, 2.24) is 0 Å². The van der Waals surface area contributed by atoms with E-state index in [1.54, 1.807) is 0 Å². The summed E-state index contributed by atoms with van der Waals surface area (Å²) in [5, 5.41) is 0. The maximum absolute atomic E-state index is 12.8. The predicted octanol–water partition coefficient (Wildman–Crippen LogP) is 16.8. The summed E-state index contributed by atoms with van der Waals surface area (Å²) in [6.45, 7) is 13.7. The Labute approximate surface area is 368 Å². The van der Waals surface area contributed by atoms with Gasteiger partial charge in [-0.3, -0.25) is 14.4 Å². The monoisotopic (exact) mass is 835 g/mol. The largest absolute Gasteiger partial charge is 0.462 e. The van der Waals surface area contributed by atoms with E-state index < -0.39 is 6.10 Å². The Morgan fingerprint density at radius 1 is 0.339 bits per heavy atom. The first kappa shape index (κ1) is 57.4. The summed E-state index contributed by atoms with van der Waals surface area (Å²) < 4.78 is 16.8. The number of unbranched alkanes of at least 4 members (excludes halogenated alkanes) is 28. The van der Waals surface area contributed by atoms with E-state index in [-0.39, 0.29) is 31.1 Å². The lowest BCUT2D eigenvalue weighted by atomic mass is 9.99. The zero-order valence-corrected chi connectivity index (χ0v) is 40.5. The molecule has 0 heterocycles. The minimum atomic E-state index is -0.763. The smallest absolute Gasteiger partial charge is 0.306 e. The lowest BCUT2D eigenvalue weighted by Gasteiger charge is -2.18. The summed E-state index contributed by atoms with van der Waals surface area (Å²) in [4.78, 5) is 37.9. The van der Waals surface area contributed by atoms with Crippen LogP contribution in [0.3, 0.4) is 0 Å². The number of ether oxygens (including phenoxy) is 3. The van der Waals surface area contributed by atoms with E-state index in [1.165, 1.54) is 167 Å². The van der Waals surface area contributed by atoms with Crippen LogP contribution in [0, 0.1) is 17.8 Å². The van der Waals surface area contributed by atoms with Gasteiger partial charge in [0, 0.05) is 19.3 Å². The molecule has 0 aliphatic carbocycles. The van der Waals surface area contributed by atoms with Crippen molar-refractivity contribution < 1.29 is 28.6 Å². The Balaban J connectivity index is 4.24. The second-order valence-corrected chi connectivity index (χ2v) is 19.4. The van der Waals surface area contributed by atoms with E-state index in [1.807, 2.05) is 0 Å². The van der Waals surface area contributed by atoms with Crippen LogP contribution < -0.4 is 0 Å². The van der Waals surface area contributed by atoms with Gasteiger partial charge in [0.15, 0.2) is 6.10 Å². The molecule has 0 saturated carbocycles. The topological polar surface area (TPSA) is 78.9 Å². The van der Waals surface area contributed by atoms with Gasteiger partial charge in [0.05, 0.1) is 0 Å². The molecule has 0 N–H and O–H groups in total. The average Bonchev–Trinajstić information content (AvgIpc) is 3.20. The number of hydrogen-bond acceptors (Lipinski definition) is 6. The molecule has 0 bridgehead atoms. The lowest BCUT2D eigenvalue weighted by molar-refractivity contribution is -0.167. The molecular formula is C53H102O6. The van der Waals surface area contributed by atoms with Crippen LogP contribution in [0.2, 0.25) is 0 Å². The van der Waals surface area contributed by atoms with E-state index in [9.17, 15) is 14.4 Å². The van der Waals surface area contributed by atoms with E-state index in [4.69, 9.17) is 14.2 Å². The Bertz CT molecular complexity index is 916. The third-order valence-electron chi connectivity index (χ3n) is 12.3. The summed E-state index contributed by atoms with van der Waals surface area (Å²) in [5.74, 6) is 1.62. The van der Waals surface area contributed by atoms with Crippen LogP contribution in [0.4, 0.5) is 0 Å². The van der Waals surface area contributed by atoms with Crippen LogP contribution in [-0.4, -0.2) is 37.2 Å². The normalized spacial score (nSPS) is 12.6. The fourth-order valence-corrected chi connectivity index (χ4v) is 7.91. The van der Waals surface area contributed by atoms with Crippen molar-refractivity contribution >= 4 is 17.9 Å². The summed E-state index contributed by atoms with van der Waals surface area (Å²) >= 11 is 0. The van der Waals surface area contributed by atoms with Gasteiger partial charge in [0.25, 0.3) is 0 Å². The number of carbonyl (C=O) groups is 3. The van der Waals surface area contributed by atoms with E-state index in [2.05, 4.69) is 41.5 Å². The van der Waals surface area contributed by atoms with Gasteiger partial charge in [-0.25, -0.2) is 0 Å². The molecule has 350 valence electrons. The van der Waals surface area contributed by atoms with Crippen molar-refractivity contribution in [2.24, 2.45) is 17.8 Å². The Hall–Kier alpha value is -1.59. The first-order valence-corrected chi connectivity index (χ1v) is 26.1. The molecule has 0 aromatic rings. The number of hydrogen-bond donors (Lipinski definition) is 0. The quantitative estimate of drug-likeness (QED) is 0.0345. The summed E-state index contributed by atoms with van der Waals surface area (Å²) in [6.07, 6.45) is 43.8. The number of carbonyl (C=O) groups excluding carboxylic acids is 3. The molecule has 0 amide bonds. The van der Waals surface area contributed by atoms with Gasteiger partial charge in [-0.1, -0.05) is 247 Å². The van der Waals surface area contributed by atoms with Crippen molar-refractivity contribution in [1.29, 1.82) is 0 Å². The average molecular weight is 835 g/mol. The highest BCUT2D eigenvalue weighted by molar-refractivity contribution is 5.71. The molecule has 6 nitrogen and oxygen atoms in total. The third kappa shape index (κ3) is 45.8. The zero-order chi connectivity index (χ0) is 43.4. The van der Waals surface area contributed by atoms with E-state index in [0.29, 0.717) is 19.3 Å². The molecule has 2 atom stereocenters. The molecule has 0 aromatic carbocycles. The second kappa shape index (κ2) is 44.5. The summed E-state index contributed by atoms with van der Waals surface area (Å²) in [5.41, 5.74) is 0. The molecule has 0 aromatic heterocycles. The van der Waals surface area contributed by atoms with Crippen LogP contribution >= 0.6 is 0 Å². The molecule has 0 saturated heterocycles.